The lowest BCUT2D eigenvalue weighted by molar-refractivity contribution is 0.509. The van der Waals surface area contributed by atoms with E-state index >= 15 is 0 Å². The summed E-state index contributed by atoms with van der Waals surface area (Å²) >= 11 is 0. The Hall–Kier alpha value is -1.64. The molecule has 0 amide bonds. The third-order valence-electron chi connectivity index (χ3n) is 2.89. The zero-order chi connectivity index (χ0) is 12.3. The summed E-state index contributed by atoms with van der Waals surface area (Å²) in [5, 5.41) is 0. The maximum Gasteiger partial charge on any atom is 0.165 e. The molecule has 0 aliphatic rings. The maximum atomic E-state index is 13.1. The predicted molar refractivity (Wildman–Crippen MR) is 68.0 cm³/mol. The van der Waals surface area contributed by atoms with E-state index in [0.29, 0.717) is 13.1 Å². The number of benzene rings is 2. The number of hydrogen-bond donors (Lipinski definition) is 0. The molecule has 0 nitrogen and oxygen atoms in total. The van der Waals surface area contributed by atoms with Crippen LogP contribution < -0.4 is 5.46 Å². The summed E-state index contributed by atoms with van der Waals surface area (Å²) in [7, 11) is 0.710. The van der Waals surface area contributed by atoms with Crippen LogP contribution >= 0.6 is 0 Å². The zero-order valence-electron chi connectivity index (χ0n) is 9.66. The second-order valence-corrected chi connectivity index (χ2v) is 4.26. The molecule has 0 saturated heterocycles. The van der Waals surface area contributed by atoms with Gasteiger partial charge in [-0.15, -0.1) is 0 Å². The van der Waals surface area contributed by atoms with Gasteiger partial charge in [0.05, 0.1) is 0 Å². The van der Waals surface area contributed by atoms with Gasteiger partial charge in [-0.05, 0) is 17.9 Å². The highest BCUT2D eigenvalue weighted by Crippen LogP contribution is 2.13. The normalized spacial score (nSPS) is 12.2. The van der Waals surface area contributed by atoms with Crippen molar-refractivity contribution in [3.8, 4) is 0 Å². The minimum absolute atomic E-state index is 0.293. The molecule has 3 heteroatoms. The molecule has 17 heavy (non-hydrogen) atoms. The first kappa shape index (κ1) is 11.8. The van der Waals surface area contributed by atoms with Crippen LogP contribution in [0.1, 0.15) is 18.3 Å². The monoisotopic (exact) mass is 230 g/mol. The van der Waals surface area contributed by atoms with Crippen molar-refractivity contribution in [3.63, 3.8) is 0 Å². The second kappa shape index (κ2) is 5.13. The van der Waals surface area contributed by atoms with Gasteiger partial charge in [0.15, 0.2) is 18.9 Å². The minimum atomic E-state index is -0.791. The third kappa shape index (κ3) is 2.93. The fraction of sp³-hybridized carbons (Fsp3) is 0.143. The molecule has 86 valence electrons. The van der Waals surface area contributed by atoms with Crippen molar-refractivity contribution in [1.82, 2.24) is 0 Å². The van der Waals surface area contributed by atoms with Crippen molar-refractivity contribution in [2.24, 2.45) is 0 Å². The lowest BCUT2D eigenvalue weighted by atomic mass is 9.58. The molecule has 1 unspecified atom stereocenters. The first-order chi connectivity index (χ1) is 8.16. The average Bonchev–Trinajstić information content (AvgIpc) is 2.35. The molecule has 2 aromatic carbocycles. The van der Waals surface area contributed by atoms with Gasteiger partial charge < -0.3 is 0 Å². The van der Waals surface area contributed by atoms with Gasteiger partial charge in [0.1, 0.15) is 0 Å². The molecule has 0 N–H and O–H groups in total. The Balaban J connectivity index is 2.13. The van der Waals surface area contributed by atoms with Crippen LogP contribution in [0.5, 0.6) is 0 Å². The Bertz CT molecular complexity index is 497. The smallest absolute Gasteiger partial charge is 0.165 e. The van der Waals surface area contributed by atoms with Crippen LogP contribution in [-0.2, 0) is 0 Å². The fourth-order valence-electron chi connectivity index (χ4n) is 1.92. The Kier molecular flexibility index (Phi) is 3.57. The summed E-state index contributed by atoms with van der Waals surface area (Å²) in [6, 6.07) is 14.1. The van der Waals surface area contributed by atoms with Crippen LogP contribution in [0.15, 0.2) is 48.5 Å². The van der Waals surface area contributed by atoms with Gasteiger partial charge in [-0.1, -0.05) is 54.3 Å². The van der Waals surface area contributed by atoms with Crippen molar-refractivity contribution in [1.29, 1.82) is 0 Å². The third-order valence-corrected chi connectivity index (χ3v) is 2.89. The van der Waals surface area contributed by atoms with Gasteiger partial charge >= 0.3 is 0 Å². The summed E-state index contributed by atoms with van der Waals surface area (Å²) in [5.41, 5.74) is 2.03. The highest BCUT2D eigenvalue weighted by Gasteiger charge is 2.10. The maximum absolute atomic E-state index is 13.1. The molecule has 0 heterocycles. The molecule has 0 aromatic heterocycles. The van der Waals surface area contributed by atoms with Crippen LogP contribution in [0.4, 0.5) is 8.78 Å². The van der Waals surface area contributed by atoms with Crippen molar-refractivity contribution >= 4 is 12.7 Å². The highest BCUT2D eigenvalue weighted by atomic mass is 19.2. The van der Waals surface area contributed by atoms with E-state index in [1.165, 1.54) is 17.7 Å². The quantitative estimate of drug-likeness (QED) is 0.711. The molecular weight excluding hydrogens is 217 g/mol. The lowest BCUT2D eigenvalue weighted by Gasteiger charge is -2.10. The van der Waals surface area contributed by atoms with Crippen molar-refractivity contribution in [3.05, 3.63) is 65.7 Å². The van der Waals surface area contributed by atoms with E-state index in [9.17, 15) is 8.78 Å². The minimum Gasteiger partial charge on any atom is -0.204 e. The molecule has 0 fully saturated rings. The molecule has 0 saturated carbocycles. The largest absolute Gasteiger partial charge is 0.204 e. The molecule has 0 radical (unpaired) electrons. The zero-order valence-corrected chi connectivity index (χ0v) is 9.66. The van der Waals surface area contributed by atoms with Gasteiger partial charge in [0, 0.05) is 0 Å². The van der Waals surface area contributed by atoms with Crippen LogP contribution in [-0.4, -0.2) is 7.28 Å². The SMILES string of the molecule is CC(Bc1ccc(F)c(F)c1)c1ccccc1. The van der Waals surface area contributed by atoms with Crippen molar-refractivity contribution < 1.29 is 8.78 Å². The first-order valence-corrected chi connectivity index (χ1v) is 5.65. The Labute approximate surface area is 101 Å². The van der Waals surface area contributed by atoms with E-state index < -0.39 is 11.6 Å². The average molecular weight is 230 g/mol. The number of hydrogen-bond acceptors (Lipinski definition) is 0. The molecule has 0 aliphatic carbocycles. The highest BCUT2D eigenvalue weighted by molar-refractivity contribution is 6.54. The molecule has 0 bridgehead atoms. The van der Waals surface area contributed by atoms with Crippen LogP contribution in [0.3, 0.4) is 0 Å². The molecule has 2 rings (SSSR count). The predicted octanol–water partition coefficient (Wildman–Crippen LogP) is 2.79. The molecule has 0 spiro atoms. The summed E-state index contributed by atoms with van der Waals surface area (Å²) < 4.78 is 25.8. The summed E-state index contributed by atoms with van der Waals surface area (Å²) in [4.78, 5) is 0. The van der Waals surface area contributed by atoms with E-state index in [1.54, 1.807) is 6.07 Å². The number of rotatable bonds is 3. The van der Waals surface area contributed by atoms with Crippen molar-refractivity contribution in [2.45, 2.75) is 12.7 Å². The van der Waals surface area contributed by atoms with Gasteiger partial charge in [-0.3, -0.25) is 0 Å². The fourth-order valence-corrected chi connectivity index (χ4v) is 1.92. The summed E-state index contributed by atoms with van der Waals surface area (Å²) in [6.45, 7) is 2.08. The first-order valence-electron chi connectivity index (χ1n) is 5.65. The summed E-state index contributed by atoms with van der Waals surface area (Å²) in [5.74, 6) is -1.27. The Morgan fingerprint density at radius 3 is 2.29 bits per heavy atom. The molecule has 1 atom stereocenters. The Morgan fingerprint density at radius 2 is 1.65 bits per heavy atom. The topological polar surface area (TPSA) is 0 Å². The number of halogens is 2. The van der Waals surface area contributed by atoms with Gasteiger partial charge in [-0.2, -0.15) is 0 Å². The van der Waals surface area contributed by atoms with Gasteiger partial charge in [0.2, 0.25) is 0 Å². The van der Waals surface area contributed by atoms with E-state index in [-0.39, 0.29) is 0 Å². The second-order valence-electron chi connectivity index (χ2n) is 4.26. The van der Waals surface area contributed by atoms with Crippen LogP contribution in [0.25, 0.3) is 0 Å². The Morgan fingerprint density at radius 1 is 0.941 bits per heavy atom. The molecule has 0 aliphatic heterocycles. The van der Waals surface area contributed by atoms with E-state index in [0.717, 1.165) is 5.46 Å². The van der Waals surface area contributed by atoms with E-state index in [4.69, 9.17) is 0 Å². The van der Waals surface area contributed by atoms with Crippen molar-refractivity contribution in [2.75, 3.05) is 0 Å². The van der Waals surface area contributed by atoms with Crippen LogP contribution in [0.2, 0.25) is 0 Å². The van der Waals surface area contributed by atoms with E-state index in [2.05, 4.69) is 6.92 Å². The molecule has 2 aromatic rings. The summed E-state index contributed by atoms with van der Waals surface area (Å²) in [6.07, 6.45) is 0. The van der Waals surface area contributed by atoms with E-state index in [1.807, 2.05) is 30.3 Å². The van der Waals surface area contributed by atoms with Gasteiger partial charge in [0.25, 0.3) is 0 Å². The van der Waals surface area contributed by atoms with Crippen LogP contribution in [0, 0.1) is 11.6 Å². The molecular formula is C14H13BF2. The lowest BCUT2D eigenvalue weighted by Crippen LogP contribution is -2.21. The van der Waals surface area contributed by atoms with Gasteiger partial charge in [-0.25, -0.2) is 8.78 Å². The standard InChI is InChI=1S/C14H13BF2/c1-10(11-5-3-2-4-6-11)15-12-7-8-13(16)14(17)9-12/h2-10,15H,1H3.